The van der Waals surface area contributed by atoms with E-state index in [-0.39, 0.29) is 17.0 Å². The van der Waals surface area contributed by atoms with Gasteiger partial charge in [-0.3, -0.25) is 19.7 Å². The van der Waals surface area contributed by atoms with Crippen LogP contribution in [0.5, 0.6) is 5.75 Å². The zero-order chi connectivity index (χ0) is 24.2. The van der Waals surface area contributed by atoms with Crippen molar-refractivity contribution >= 4 is 34.4 Å². The molecule has 0 radical (unpaired) electrons. The van der Waals surface area contributed by atoms with Gasteiger partial charge in [0.1, 0.15) is 11.4 Å². The Morgan fingerprint density at radius 3 is 2.29 bits per heavy atom. The Balaban J connectivity index is 1.81. The number of ether oxygens (including phenoxy) is 1. The van der Waals surface area contributed by atoms with Gasteiger partial charge in [-0.25, -0.2) is 4.90 Å². The smallest absolute Gasteiger partial charge is 0.282 e. The number of imide groups is 1. The lowest BCUT2D eigenvalue weighted by molar-refractivity contribution is -0.384. The Hall–Kier alpha value is -4.46. The van der Waals surface area contributed by atoms with Crippen LogP contribution in [-0.4, -0.2) is 30.4 Å². The number of amides is 2. The van der Waals surface area contributed by atoms with E-state index >= 15 is 0 Å². The van der Waals surface area contributed by atoms with Gasteiger partial charge in [0.25, 0.3) is 17.5 Å². The first kappa shape index (κ1) is 22.7. The molecule has 0 aliphatic carbocycles. The number of non-ortho nitro benzene ring substituents is 1. The Labute approximate surface area is 196 Å². The molecule has 4 rings (SSSR count). The van der Waals surface area contributed by atoms with E-state index in [1.165, 1.54) is 24.3 Å². The van der Waals surface area contributed by atoms with Crippen molar-refractivity contribution in [2.24, 2.45) is 0 Å². The van der Waals surface area contributed by atoms with Crippen LogP contribution in [0.1, 0.15) is 18.9 Å². The van der Waals surface area contributed by atoms with Gasteiger partial charge in [0, 0.05) is 30.9 Å². The lowest BCUT2D eigenvalue weighted by atomic mass is 10.0. The maximum absolute atomic E-state index is 13.7. The summed E-state index contributed by atoms with van der Waals surface area (Å²) < 4.78 is 5.68. The third kappa shape index (κ3) is 4.25. The molecule has 3 aromatic rings. The minimum atomic E-state index is -0.510. The predicted molar refractivity (Wildman–Crippen MR) is 130 cm³/mol. The van der Waals surface area contributed by atoms with Gasteiger partial charge < -0.3 is 9.64 Å². The van der Waals surface area contributed by atoms with Crippen molar-refractivity contribution in [1.82, 2.24) is 0 Å². The van der Waals surface area contributed by atoms with Gasteiger partial charge in [-0.2, -0.15) is 0 Å². The number of benzene rings is 3. The molecule has 1 heterocycles. The molecule has 8 nitrogen and oxygen atoms in total. The molecule has 0 saturated carbocycles. The predicted octanol–water partition coefficient (Wildman–Crippen LogP) is 4.80. The molecule has 0 aromatic heterocycles. The number of anilines is 2. The molecule has 172 valence electrons. The van der Waals surface area contributed by atoms with E-state index < -0.39 is 16.7 Å². The van der Waals surface area contributed by atoms with Crippen LogP contribution >= 0.6 is 0 Å². The van der Waals surface area contributed by atoms with Crippen LogP contribution in [0.2, 0.25) is 0 Å². The van der Waals surface area contributed by atoms with E-state index in [4.69, 9.17) is 4.74 Å². The number of carbonyl (C=O) groups excluding carboxylic acids is 2. The zero-order valence-corrected chi connectivity index (χ0v) is 18.8. The fourth-order valence-electron chi connectivity index (χ4n) is 3.79. The summed E-state index contributed by atoms with van der Waals surface area (Å²) >= 11 is 0. The van der Waals surface area contributed by atoms with Crippen molar-refractivity contribution in [2.75, 3.05) is 23.5 Å². The Bertz CT molecular complexity index is 1270. The SMILES string of the molecule is CCCOc1cccc(N2C(=O)C(c3ccc([N+](=O)[O-])cc3)=C(N(C)c3ccccc3)C2=O)c1. The highest BCUT2D eigenvalue weighted by Crippen LogP contribution is 2.37. The first-order valence-corrected chi connectivity index (χ1v) is 10.8. The van der Waals surface area contributed by atoms with Gasteiger partial charge in [0.05, 0.1) is 22.8 Å². The first-order chi connectivity index (χ1) is 16.4. The van der Waals surface area contributed by atoms with Crippen LogP contribution in [0.4, 0.5) is 17.1 Å². The van der Waals surface area contributed by atoms with Crippen molar-refractivity contribution in [3.05, 3.63) is 100 Å². The van der Waals surface area contributed by atoms with Crippen molar-refractivity contribution in [1.29, 1.82) is 0 Å². The van der Waals surface area contributed by atoms with Crippen LogP contribution in [0.25, 0.3) is 5.57 Å². The van der Waals surface area contributed by atoms with Gasteiger partial charge in [-0.05, 0) is 48.4 Å². The fraction of sp³-hybridized carbons (Fsp3) is 0.154. The topological polar surface area (TPSA) is 93.0 Å². The number of nitro benzene ring substituents is 1. The molecular weight excluding hydrogens is 434 g/mol. The minimum Gasteiger partial charge on any atom is -0.494 e. The summed E-state index contributed by atoms with van der Waals surface area (Å²) in [4.78, 5) is 40.7. The summed E-state index contributed by atoms with van der Waals surface area (Å²) in [7, 11) is 1.71. The summed E-state index contributed by atoms with van der Waals surface area (Å²) in [5.41, 5.74) is 1.79. The van der Waals surface area contributed by atoms with Gasteiger partial charge >= 0.3 is 0 Å². The molecule has 1 aliphatic rings. The van der Waals surface area contributed by atoms with E-state index in [1.54, 1.807) is 36.2 Å². The number of hydrogen-bond donors (Lipinski definition) is 0. The Morgan fingerprint density at radius 2 is 1.65 bits per heavy atom. The monoisotopic (exact) mass is 457 g/mol. The number of rotatable bonds is 8. The molecule has 0 atom stereocenters. The molecule has 34 heavy (non-hydrogen) atoms. The van der Waals surface area contributed by atoms with Crippen molar-refractivity contribution in [3.63, 3.8) is 0 Å². The highest BCUT2D eigenvalue weighted by Gasteiger charge is 2.42. The molecule has 8 heteroatoms. The number of carbonyl (C=O) groups is 2. The maximum Gasteiger partial charge on any atom is 0.282 e. The highest BCUT2D eigenvalue weighted by atomic mass is 16.6. The summed E-state index contributed by atoms with van der Waals surface area (Å²) in [6, 6.07) is 21.7. The molecule has 3 aromatic carbocycles. The number of para-hydroxylation sites is 1. The molecule has 0 spiro atoms. The third-order valence-corrected chi connectivity index (χ3v) is 5.45. The number of hydrogen-bond acceptors (Lipinski definition) is 6. The van der Waals surface area contributed by atoms with E-state index in [9.17, 15) is 19.7 Å². The van der Waals surface area contributed by atoms with Gasteiger partial charge in [-0.15, -0.1) is 0 Å². The molecule has 1 aliphatic heterocycles. The van der Waals surface area contributed by atoms with Crippen LogP contribution < -0.4 is 14.5 Å². The number of likely N-dealkylation sites (N-methyl/N-ethyl adjacent to an activating group) is 1. The van der Waals surface area contributed by atoms with E-state index in [1.807, 2.05) is 37.3 Å². The molecule has 0 fully saturated rings. The van der Waals surface area contributed by atoms with E-state index in [0.717, 1.165) is 17.0 Å². The molecule has 0 unspecified atom stereocenters. The van der Waals surface area contributed by atoms with E-state index in [2.05, 4.69) is 0 Å². The molecule has 0 bridgehead atoms. The number of nitro groups is 1. The van der Waals surface area contributed by atoms with Crippen LogP contribution in [0.15, 0.2) is 84.6 Å². The zero-order valence-electron chi connectivity index (χ0n) is 18.8. The quantitative estimate of drug-likeness (QED) is 0.274. The Kier molecular flexibility index (Phi) is 6.40. The van der Waals surface area contributed by atoms with Gasteiger partial charge in [-0.1, -0.05) is 31.2 Å². The van der Waals surface area contributed by atoms with E-state index in [0.29, 0.717) is 23.6 Å². The molecule has 2 amide bonds. The number of nitrogens with zero attached hydrogens (tertiary/aromatic N) is 3. The largest absolute Gasteiger partial charge is 0.494 e. The summed E-state index contributed by atoms with van der Waals surface area (Å²) in [6.07, 6.45) is 0.823. The van der Waals surface area contributed by atoms with Crippen LogP contribution in [-0.2, 0) is 9.59 Å². The standard InChI is InChI=1S/C26H23N3O5/c1-3-16-34-22-11-7-10-21(17-22)28-25(30)23(18-12-14-20(15-13-18)29(32)33)24(26(28)31)27(2)19-8-5-4-6-9-19/h4-15,17H,3,16H2,1-2H3. The average molecular weight is 457 g/mol. The van der Waals surface area contributed by atoms with Gasteiger partial charge in [0.2, 0.25) is 0 Å². The lowest BCUT2D eigenvalue weighted by Crippen LogP contribution is -2.34. The molecule has 0 N–H and O–H groups in total. The first-order valence-electron chi connectivity index (χ1n) is 10.8. The second kappa shape index (κ2) is 9.58. The second-order valence-electron chi connectivity index (χ2n) is 7.71. The summed E-state index contributed by atoms with van der Waals surface area (Å²) in [5.74, 6) is -0.441. The third-order valence-electron chi connectivity index (χ3n) is 5.45. The Morgan fingerprint density at radius 1 is 0.941 bits per heavy atom. The highest BCUT2D eigenvalue weighted by molar-refractivity contribution is 6.46. The van der Waals surface area contributed by atoms with Gasteiger partial charge in [0.15, 0.2) is 0 Å². The average Bonchev–Trinajstić information content (AvgIpc) is 3.12. The maximum atomic E-state index is 13.7. The van der Waals surface area contributed by atoms with Crippen molar-refractivity contribution in [2.45, 2.75) is 13.3 Å². The molecule has 0 saturated heterocycles. The lowest BCUT2D eigenvalue weighted by Gasteiger charge is -2.21. The fourth-order valence-corrected chi connectivity index (χ4v) is 3.79. The molecular formula is C26H23N3O5. The van der Waals surface area contributed by atoms with Crippen LogP contribution in [0, 0.1) is 10.1 Å². The summed E-state index contributed by atoms with van der Waals surface area (Å²) in [6.45, 7) is 2.50. The van der Waals surface area contributed by atoms with Crippen molar-refractivity contribution < 1.29 is 19.2 Å². The van der Waals surface area contributed by atoms with Crippen LogP contribution in [0.3, 0.4) is 0 Å². The minimum absolute atomic E-state index is 0.100. The second-order valence-corrected chi connectivity index (χ2v) is 7.71. The normalized spacial score (nSPS) is 13.4. The van der Waals surface area contributed by atoms with Crippen molar-refractivity contribution in [3.8, 4) is 5.75 Å². The summed E-state index contributed by atoms with van der Waals surface area (Å²) in [5, 5.41) is 11.1.